The Bertz CT molecular complexity index is 868. The van der Waals surface area contributed by atoms with Crippen LogP contribution in [0.2, 0.25) is 18.1 Å². The Labute approximate surface area is 156 Å². The monoisotopic (exact) mass is 397 g/mol. The molecule has 3 N–H and O–H groups in total. The number of fused-ring (bicyclic) bond motifs is 1. The fourth-order valence-electron chi connectivity index (χ4n) is 2.75. The van der Waals surface area contributed by atoms with Crippen molar-refractivity contribution in [2.75, 3.05) is 5.73 Å². The number of halogens is 1. The molecule has 1 unspecified atom stereocenters. The number of hydrogen-bond donors (Lipinski definition) is 2. The molecule has 148 valence electrons. The number of nitrogen functional groups attached to an aromatic ring is 1. The van der Waals surface area contributed by atoms with Gasteiger partial charge in [0.05, 0.1) is 6.33 Å². The lowest BCUT2D eigenvalue weighted by Crippen LogP contribution is -2.49. The van der Waals surface area contributed by atoms with Gasteiger partial charge in [-0.15, -0.1) is 0 Å². The van der Waals surface area contributed by atoms with Crippen LogP contribution < -0.4 is 5.73 Å². The molecule has 0 saturated carbocycles. The molecule has 1 aliphatic heterocycles. The number of nitrogens with zero attached hydrogens (tertiary/aromatic N) is 4. The molecule has 9 nitrogen and oxygen atoms in total. The Morgan fingerprint density at radius 3 is 2.63 bits per heavy atom. The van der Waals surface area contributed by atoms with E-state index in [0.717, 1.165) is 0 Å². The fourth-order valence-corrected chi connectivity index (χ4v) is 4.04. The van der Waals surface area contributed by atoms with Crippen molar-refractivity contribution in [3.63, 3.8) is 0 Å². The van der Waals surface area contributed by atoms with E-state index in [0.29, 0.717) is 5.52 Å². The van der Waals surface area contributed by atoms with Crippen LogP contribution in [0.5, 0.6) is 0 Å². The molecule has 0 amide bonds. The smallest absolute Gasteiger partial charge is 0.335 e. The zero-order valence-electron chi connectivity index (χ0n) is 15.9. The first-order valence-electron chi connectivity index (χ1n) is 8.57. The highest BCUT2D eigenvalue weighted by Crippen LogP contribution is 2.42. The van der Waals surface area contributed by atoms with Crippen LogP contribution in [-0.2, 0) is 14.0 Å². The summed E-state index contributed by atoms with van der Waals surface area (Å²) in [4.78, 5) is 23.7. The van der Waals surface area contributed by atoms with Crippen LogP contribution in [0.1, 0.15) is 27.0 Å². The molecule has 0 radical (unpaired) electrons. The van der Waals surface area contributed by atoms with E-state index in [1.165, 1.54) is 17.2 Å². The number of alkyl halides is 1. The summed E-state index contributed by atoms with van der Waals surface area (Å²) in [7, 11) is -2.43. The van der Waals surface area contributed by atoms with Crippen LogP contribution in [-0.4, -0.2) is 57.3 Å². The van der Waals surface area contributed by atoms with Gasteiger partial charge in [0.1, 0.15) is 17.9 Å². The Morgan fingerprint density at radius 2 is 2.04 bits per heavy atom. The van der Waals surface area contributed by atoms with Crippen LogP contribution in [0.4, 0.5) is 10.2 Å². The van der Waals surface area contributed by atoms with Crippen LogP contribution in [0, 0.1) is 0 Å². The van der Waals surface area contributed by atoms with Crippen molar-refractivity contribution < 1.29 is 23.5 Å². The van der Waals surface area contributed by atoms with Crippen LogP contribution in [0.3, 0.4) is 0 Å². The van der Waals surface area contributed by atoms with Crippen LogP contribution in [0.25, 0.3) is 11.2 Å². The van der Waals surface area contributed by atoms with E-state index >= 15 is 4.39 Å². The molecule has 3 heterocycles. The maximum atomic E-state index is 15.4. The van der Waals surface area contributed by atoms with E-state index in [9.17, 15) is 9.90 Å². The normalized spacial score (nSPS) is 26.6. The highest BCUT2D eigenvalue weighted by atomic mass is 28.4. The first-order valence-corrected chi connectivity index (χ1v) is 11.5. The zero-order chi connectivity index (χ0) is 20.1. The van der Waals surface area contributed by atoms with Gasteiger partial charge in [-0.2, -0.15) is 0 Å². The molecule has 0 bridgehead atoms. The van der Waals surface area contributed by atoms with Gasteiger partial charge in [0, 0.05) is 0 Å². The standard InChI is InChI=1S/C16H24FN5O4Si/c1-16(2,3)27(4,5)26-10-8(17)14(25-11(10)15(23)24)22-7-21-9-12(18)19-6-20-13(9)22/h6-8,10-11,14H,1-5H3,(H,23,24)(H2,18,19,20)/t8-,10?,11+,14-/m1/s1. The molecule has 27 heavy (non-hydrogen) atoms. The largest absolute Gasteiger partial charge is 0.479 e. The molecule has 0 aromatic carbocycles. The van der Waals surface area contributed by atoms with Crippen molar-refractivity contribution in [1.29, 1.82) is 0 Å². The van der Waals surface area contributed by atoms with Crippen LogP contribution >= 0.6 is 0 Å². The maximum absolute atomic E-state index is 15.4. The van der Waals surface area contributed by atoms with Gasteiger partial charge in [-0.1, -0.05) is 20.8 Å². The fraction of sp³-hybridized carbons (Fsp3) is 0.625. The third-order valence-corrected chi connectivity index (χ3v) is 9.79. The number of nitrogens with two attached hydrogens (primary N) is 1. The molecule has 1 aliphatic rings. The van der Waals surface area contributed by atoms with Gasteiger partial charge in [0.15, 0.2) is 38.3 Å². The number of imidazole rings is 1. The molecule has 2 aromatic rings. The minimum atomic E-state index is -2.43. The van der Waals surface area contributed by atoms with Crippen molar-refractivity contribution in [2.45, 2.75) is 63.5 Å². The molecular weight excluding hydrogens is 373 g/mol. The van der Waals surface area contributed by atoms with Crippen molar-refractivity contribution >= 4 is 31.3 Å². The highest BCUT2D eigenvalue weighted by Gasteiger charge is 2.54. The van der Waals surface area contributed by atoms with Crippen LogP contribution in [0.15, 0.2) is 12.7 Å². The molecule has 4 atom stereocenters. The van der Waals surface area contributed by atoms with E-state index < -0.39 is 38.9 Å². The Morgan fingerprint density at radius 1 is 1.37 bits per heavy atom. The van der Waals surface area contributed by atoms with E-state index in [1.54, 1.807) is 0 Å². The highest BCUT2D eigenvalue weighted by molar-refractivity contribution is 6.74. The summed E-state index contributed by atoms with van der Waals surface area (Å²) in [6.07, 6.45) is -3.06. The Kier molecular flexibility index (Phi) is 4.73. The quantitative estimate of drug-likeness (QED) is 0.752. The number of aliphatic carboxylic acids is 1. The number of aromatic nitrogens is 4. The minimum absolute atomic E-state index is 0.149. The predicted molar refractivity (Wildman–Crippen MR) is 98.2 cm³/mol. The molecule has 2 aromatic heterocycles. The van der Waals surface area contributed by atoms with Crippen molar-refractivity contribution in [2.24, 2.45) is 0 Å². The minimum Gasteiger partial charge on any atom is -0.479 e. The molecule has 0 aliphatic carbocycles. The maximum Gasteiger partial charge on any atom is 0.335 e. The number of carboxylic acids is 1. The van der Waals surface area contributed by atoms with Gasteiger partial charge < -0.3 is 20.0 Å². The van der Waals surface area contributed by atoms with Gasteiger partial charge >= 0.3 is 5.97 Å². The zero-order valence-corrected chi connectivity index (χ0v) is 16.9. The lowest BCUT2D eigenvalue weighted by Gasteiger charge is -2.39. The lowest BCUT2D eigenvalue weighted by atomic mass is 10.1. The summed E-state index contributed by atoms with van der Waals surface area (Å²) in [5, 5.41) is 9.34. The SMILES string of the molecule is CC(C)(C)[Si](C)(C)OC1[C@@H](C(=O)O)O[C@@H](n2cnc3c(N)ncnc32)[C@@H]1F. The van der Waals surface area contributed by atoms with Gasteiger partial charge in [0.25, 0.3) is 0 Å². The molecule has 1 fully saturated rings. The number of anilines is 1. The number of ether oxygens (including phenoxy) is 1. The third-order valence-electron chi connectivity index (χ3n) is 5.31. The van der Waals surface area contributed by atoms with Gasteiger partial charge in [-0.3, -0.25) is 4.57 Å². The average Bonchev–Trinajstić information content (AvgIpc) is 3.09. The molecule has 0 spiro atoms. The first kappa shape index (κ1) is 19.6. The number of hydrogen-bond acceptors (Lipinski definition) is 7. The average molecular weight is 397 g/mol. The Balaban J connectivity index is 1.97. The summed E-state index contributed by atoms with van der Waals surface area (Å²) < 4.78 is 28.3. The molecule has 11 heteroatoms. The second-order valence-electron chi connectivity index (χ2n) is 8.16. The first-order chi connectivity index (χ1) is 12.4. The topological polar surface area (TPSA) is 125 Å². The molecular formula is C16H24FN5O4Si. The van der Waals surface area contributed by atoms with Crippen molar-refractivity contribution in [3.8, 4) is 0 Å². The van der Waals surface area contributed by atoms with E-state index in [2.05, 4.69) is 15.0 Å². The third kappa shape index (κ3) is 3.30. The molecule has 1 saturated heterocycles. The predicted octanol–water partition coefficient (Wildman–Crippen LogP) is 2.12. The number of carboxylic acid groups (broad SMARTS) is 1. The second-order valence-corrected chi connectivity index (χ2v) is 12.9. The lowest BCUT2D eigenvalue weighted by molar-refractivity contribution is -0.154. The van der Waals surface area contributed by atoms with E-state index in [-0.39, 0.29) is 16.5 Å². The van der Waals surface area contributed by atoms with Gasteiger partial charge in [-0.05, 0) is 18.1 Å². The summed E-state index contributed by atoms with van der Waals surface area (Å²) in [6.45, 7) is 9.87. The van der Waals surface area contributed by atoms with Crippen molar-refractivity contribution in [3.05, 3.63) is 12.7 Å². The van der Waals surface area contributed by atoms with Gasteiger partial charge in [0.2, 0.25) is 0 Å². The Hall–Kier alpha value is -2.11. The summed E-state index contributed by atoms with van der Waals surface area (Å²) in [5.74, 6) is -1.13. The van der Waals surface area contributed by atoms with Gasteiger partial charge in [-0.25, -0.2) is 24.1 Å². The van der Waals surface area contributed by atoms with Crippen molar-refractivity contribution in [1.82, 2.24) is 19.5 Å². The summed E-state index contributed by atoms with van der Waals surface area (Å²) in [5.41, 5.74) is 6.33. The number of rotatable bonds is 4. The van der Waals surface area contributed by atoms with E-state index in [4.69, 9.17) is 14.9 Å². The molecule has 3 rings (SSSR count). The number of carbonyl (C=O) groups is 1. The summed E-state index contributed by atoms with van der Waals surface area (Å²) in [6, 6.07) is 0. The second kappa shape index (κ2) is 6.50. The summed E-state index contributed by atoms with van der Waals surface area (Å²) >= 11 is 0. The van der Waals surface area contributed by atoms with E-state index in [1.807, 2.05) is 33.9 Å².